The highest BCUT2D eigenvalue weighted by atomic mass is 16.5. The van der Waals surface area contributed by atoms with Crippen molar-refractivity contribution in [2.45, 2.75) is 25.3 Å². The number of nitrogens with zero attached hydrogens (tertiary/aromatic N) is 2. The summed E-state index contributed by atoms with van der Waals surface area (Å²) >= 11 is 0. The third kappa shape index (κ3) is 2.03. The summed E-state index contributed by atoms with van der Waals surface area (Å²) in [6, 6.07) is 14.3. The fourth-order valence-corrected chi connectivity index (χ4v) is 2.83. The van der Waals surface area contributed by atoms with Gasteiger partial charge in [0.05, 0.1) is 5.54 Å². The average Bonchev–Trinajstić information content (AvgIpc) is 3.25. The maximum absolute atomic E-state index is 6.35. The van der Waals surface area contributed by atoms with Gasteiger partial charge in [0.2, 0.25) is 11.7 Å². The first-order chi connectivity index (χ1) is 10.2. The van der Waals surface area contributed by atoms with E-state index in [4.69, 9.17) is 10.3 Å². The molecule has 4 nitrogen and oxygen atoms in total. The van der Waals surface area contributed by atoms with Crippen LogP contribution in [0.2, 0.25) is 0 Å². The fourth-order valence-electron chi connectivity index (χ4n) is 2.83. The molecule has 2 aromatic carbocycles. The van der Waals surface area contributed by atoms with Gasteiger partial charge in [0.25, 0.3) is 0 Å². The maximum atomic E-state index is 6.35. The van der Waals surface area contributed by atoms with Crippen LogP contribution in [0.15, 0.2) is 47.0 Å². The van der Waals surface area contributed by atoms with Crippen LogP contribution in [0, 0.1) is 5.92 Å². The van der Waals surface area contributed by atoms with Crippen LogP contribution in [-0.2, 0) is 5.54 Å². The van der Waals surface area contributed by atoms with E-state index in [0.717, 1.165) is 23.8 Å². The molecule has 0 saturated heterocycles. The van der Waals surface area contributed by atoms with E-state index in [1.807, 2.05) is 31.2 Å². The molecule has 1 fully saturated rings. The summed E-state index contributed by atoms with van der Waals surface area (Å²) in [7, 11) is 0. The van der Waals surface area contributed by atoms with Crippen LogP contribution in [0.25, 0.3) is 22.2 Å². The zero-order chi connectivity index (χ0) is 14.4. The molecule has 1 unspecified atom stereocenters. The molecule has 0 bridgehead atoms. The van der Waals surface area contributed by atoms with Crippen molar-refractivity contribution in [2.24, 2.45) is 11.7 Å². The molecule has 1 atom stereocenters. The lowest BCUT2D eigenvalue weighted by Gasteiger charge is -2.18. The number of fused-ring (bicyclic) bond motifs is 1. The van der Waals surface area contributed by atoms with Gasteiger partial charge in [-0.3, -0.25) is 0 Å². The zero-order valence-electron chi connectivity index (χ0n) is 11.9. The molecule has 1 aliphatic rings. The van der Waals surface area contributed by atoms with Crippen molar-refractivity contribution < 1.29 is 4.52 Å². The van der Waals surface area contributed by atoms with Crippen LogP contribution in [0.3, 0.4) is 0 Å². The quantitative estimate of drug-likeness (QED) is 0.797. The Kier molecular flexibility index (Phi) is 2.62. The molecule has 1 aliphatic carbocycles. The number of hydrogen-bond acceptors (Lipinski definition) is 4. The molecule has 3 aromatic rings. The Balaban J connectivity index is 1.81. The van der Waals surface area contributed by atoms with Crippen LogP contribution in [0.5, 0.6) is 0 Å². The lowest BCUT2D eigenvalue weighted by atomic mass is 9.97. The van der Waals surface area contributed by atoms with E-state index in [1.165, 1.54) is 5.39 Å². The normalized spacial score (nSPS) is 17.8. The molecule has 21 heavy (non-hydrogen) atoms. The Labute approximate surface area is 123 Å². The summed E-state index contributed by atoms with van der Waals surface area (Å²) < 4.78 is 5.45. The monoisotopic (exact) mass is 279 g/mol. The Morgan fingerprint density at radius 3 is 2.71 bits per heavy atom. The molecule has 0 amide bonds. The number of benzene rings is 2. The molecule has 4 heteroatoms. The van der Waals surface area contributed by atoms with E-state index in [9.17, 15) is 0 Å². The average molecular weight is 279 g/mol. The van der Waals surface area contributed by atoms with Crippen molar-refractivity contribution in [3.63, 3.8) is 0 Å². The van der Waals surface area contributed by atoms with Gasteiger partial charge in [-0.1, -0.05) is 47.6 Å². The van der Waals surface area contributed by atoms with Gasteiger partial charge in [-0.15, -0.1) is 0 Å². The highest BCUT2D eigenvalue weighted by molar-refractivity contribution is 5.94. The molecule has 4 rings (SSSR count). The predicted molar refractivity (Wildman–Crippen MR) is 81.5 cm³/mol. The summed E-state index contributed by atoms with van der Waals surface area (Å²) in [4.78, 5) is 4.56. The second-order valence-corrected chi connectivity index (χ2v) is 6.01. The summed E-state index contributed by atoms with van der Waals surface area (Å²) in [5, 5.41) is 6.44. The molecular formula is C17H17N3O. The van der Waals surface area contributed by atoms with Crippen molar-refractivity contribution >= 4 is 10.8 Å². The molecule has 0 spiro atoms. The van der Waals surface area contributed by atoms with E-state index in [1.54, 1.807) is 0 Å². The first kappa shape index (κ1) is 12.5. The van der Waals surface area contributed by atoms with Gasteiger partial charge in [0.1, 0.15) is 0 Å². The fraction of sp³-hybridized carbons (Fsp3) is 0.294. The molecule has 0 radical (unpaired) electrons. The summed E-state index contributed by atoms with van der Waals surface area (Å²) in [5.41, 5.74) is 6.81. The third-order valence-electron chi connectivity index (χ3n) is 4.34. The molecule has 106 valence electrons. The van der Waals surface area contributed by atoms with Crippen molar-refractivity contribution in [1.29, 1.82) is 0 Å². The van der Waals surface area contributed by atoms with Crippen molar-refractivity contribution in [2.75, 3.05) is 0 Å². The van der Waals surface area contributed by atoms with E-state index in [0.29, 0.717) is 17.6 Å². The van der Waals surface area contributed by atoms with Crippen LogP contribution in [0.1, 0.15) is 25.7 Å². The van der Waals surface area contributed by atoms with Gasteiger partial charge >= 0.3 is 0 Å². The first-order valence-corrected chi connectivity index (χ1v) is 7.27. The molecular weight excluding hydrogens is 262 g/mol. The Hall–Kier alpha value is -2.20. The zero-order valence-corrected chi connectivity index (χ0v) is 11.9. The Bertz CT molecular complexity index is 797. The van der Waals surface area contributed by atoms with Gasteiger partial charge < -0.3 is 10.3 Å². The van der Waals surface area contributed by atoms with Crippen molar-refractivity contribution in [3.05, 3.63) is 48.4 Å². The second-order valence-electron chi connectivity index (χ2n) is 6.01. The molecule has 1 heterocycles. The Morgan fingerprint density at radius 1 is 1.14 bits per heavy atom. The minimum Gasteiger partial charge on any atom is -0.337 e. The van der Waals surface area contributed by atoms with Gasteiger partial charge in [-0.25, -0.2) is 0 Å². The number of rotatable bonds is 3. The largest absolute Gasteiger partial charge is 0.337 e. The highest BCUT2D eigenvalue weighted by Gasteiger charge is 2.43. The van der Waals surface area contributed by atoms with Crippen LogP contribution in [-0.4, -0.2) is 10.1 Å². The van der Waals surface area contributed by atoms with E-state index < -0.39 is 5.54 Å². The van der Waals surface area contributed by atoms with Gasteiger partial charge in [0.15, 0.2) is 0 Å². The topological polar surface area (TPSA) is 64.9 Å². The molecule has 1 saturated carbocycles. The minimum absolute atomic E-state index is 0.457. The lowest BCUT2D eigenvalue weighted by Crippen LogP contribution is -2.35. The predicted octanol–water partition coefficient (Wildman–Crippen LogP) is 3.47. The lowest BCUT2D eigenvalue weighted by molar-refractivity contribution is 0.273. The summed E-state index contributed by atoms with van der Waals surface area (Å²) in [6.45, 7) is 1.98. The molecule has 2 N–H and O–H groups in total. The van der Waals surface area contributed by atoms with E-state index >= 15 is 0 Å². The van der Waals surface area contributed by atoms with E-state index in [-0.39, 0.29) is 0 Å². The summed E-state index contributed by atoms with van der Waals surface area (Å²) in [5.74, 6) is 1.60. The smallest absolute Gasteiger partial charge is 0.247 e. The van der Waals surface area contributed by atoms with Crippen LogP contribution >= 0.6 is 0 Å². The second kappa shape index (κ2) is 4.40. The molecule has 0 aliphatic heterocycles. The Morgan fingerprint density at radius 2 is 1.90 bits per heavy atom. The van der Waals surface area contributed by atoms with Gasteiger partial charge in [-0.05, 0) is 36.5 Å². The van der Waals surface area contributed by atoms with Gasteiger partial charge in [-0.2, -0.15) is 4.98 Å². The van der Waals surface area contributed by atoms with E-state index in [2.05, 4.69) is 28.3 Å². The third-order valence-corrected chi connectivity index (χ3v) is 4.34. The van der Waals surface area contributed by atoms with Gasteiger partial charge in [0, 0.05) is 5.56 Å². The van der Waals surface area contributed by atoms with Crippen LogP contribution in [0.4, 0.5) is 0 Å². The first-order valence-electron chi connectivity index (χ1n) is 7.27. The maximum Gasteiger partial charge on any atom is 0.247 e. The number of hydrogen-bond donors (Lipinski definition) is 1. The van der Waals surface area contributed by atoms with Crippen molar-refractivity contribution in [3.8, 4) is 11.4 Å². The SMILES string of the molecule is CC(N)(c1nc(-c2cccc3ccccc23)no1)C1CC1. The number of nitrogens with two attached hydrogens (primary N) is 1. The standard InChI is InChI=1S/C17H17N3O/c1-17(18,12-9-10-12)16-19-15(20-21-16)14-8-4-6-11-5-2-3-7-13(11)14/h2-8,12H,9-10,18H2,1H3. The number of aromatic nitrogens is 2. The molecule has 1 aromatic heterocycles. The summed E-state index contributed by atoms with van der Waals surface area (Å²) in [6.07, 6.45) is 2.28. The van der Waals surface area contributed by atoms with Crippen LogP contribution < -0.4 is 5.73 Å². The minimum atomic E-state index is -0.518. The highest BCUT2D eigenvalue weighted by Crippen LogP contribution is 2.43. The van der Waals surface area contributed by atoms with Crippen molar-refractivity contribution in [1.82, 2.24) is 10.1 Å².